The first kappa shape index (κ1) is 10.9. The van der Waals surface area contributed by atoms with Crippen LogP contribution in [0.4, 0.5) is 4.39 Å². The van der Waals surface area contributed by atoms with Crippen molar-refractivity contribution in [2.45, 2.75) is 12.6 Å². The highest BCUT2D eigenvalue weighted by atomic mass is 19.1. The van der Waals surface area contributed by atoms with Crippen LogP contribution in [0.3, 0.4) is 0 Å². The molecule has 0 saturated carbocycles. The molecule has 0 aromatic heterocycles. The van der Waals surface area contributed by atoms with Crippen molar-refractivity contribution in [3.05, 3.63) is 58.5 Å². The minimum atomic E-state index is -1.04. The van der Waals surface area contributed by atoms with E-state index in [1.54, 1.807) is 6.07 Å². The molecule has 0 aliphatic rings. The van der Waals surface area contributed by atoms with Gasteiger partial charge in [-0.1, -0.05) is 12.1 Å². The number of hydrogen-bond acceptors (Lipinski definition) is 1. The van der Waals surface area contributed by atoms with Gasteiger partial charge in [-0.2, -0.15) is 0 Å². The van der Waals surface area contributed by atoms with E-state index in [9.17, 15) is 9.18 Å². The Morgan fingerprint density at radius 3 is 2.47 bits per heavy atom. The van der Waals surface area contributed by atoms with Gasteiger partial charge < -0.3 is 0 Å². The molecule has 4 heteroatoms. The van der Waals surface area contributed by atoms with E-state index in [2.05, 4.69) is 9.69 Å². The van der Waals surface area contributed by atoms with E-state index in [0.29, 0.717) is 0 Å². The molecule has 0 N–H and O–H groups in total. The number of halogens is 1. The van der Waals surface area contributed by atoms with Crippen LogP contribution in [0.2, 0.25) is 0 Å². The standard InChI is InChI=1S/C11H7FN2O/c1-13-11(14-2)7-10(15)8-5-3-4-6-9(8)12/h3-6,11H,7H2. The number of carbonyl (C=O) groups excluding carboxylic acids is 1. The van der Waals surface area contributed by atoms with E-state index in [1.165, 1.54) is 18.2 Å². The number of Topliss-reactive ketones (excluding diaryl/α,β-unsaturated/α-hetero) is 1. The van der Waals surface area contributed by atoms with E-state index in [0.717, 1.165) is 0 Å². The van der Waals surface area contributed by atoms with Crippen LogP contribution in [0.25, 0.3) is 9.69 Å². The van der Waals surface area contributed by atoms with Crippen molar-refractivity contribution in [3.63, 3.8) is 0 Å². The van der Waals surface area contributed by atoms with Gasteiger partial charge in [-0.3, -0.25) is 4.79 Å². The Morgan fingerprint density at radius 1 is 1.33 bits per heavy atom. The number of ketones is 1. The molecule has 1 rings (SSSR count). The highest BCUT2D eigenvalue weighted by molar-refractivity contribution is 5.96. The number of carbonyl (C=O) groups is 1. The molecule has 0 fully saturated rings. The molecule has 0 atom stereocenters. The molecule has 0 heterocycles. The van der Waals surface area contributed by atoms with Crippen molar-refractivity contribution in [3.8, 4) is 0 Å². The second-order valence-corrected chi connectivity index (χ2v) is 2.85. The summed E-state index contributed by atoms with van der Waals surface area (Å²) in [5, 5.41) is 0. The van der Waals surface area contributed by atoms with Gasteiger partial charge in [0.1, 0.15) is 5.82 Å². The smallest absolute Gasteiger partial charge is 0.293 e. The Labute approximate surface area is 86.8 Å². The zero-order valence-electron chi connectivity index (χ0n) is 7.77. The largest absolute Gasteiger partial charge is 0.481 e. The topological polar surface area (TPSA) is 25.8 Å². The summed E-state index contributed by atoms with van der Waals surface area (Å²) in [5.41, 5.74) is -0.0604. The minimum absolute atomic E-state index is 0.0604. The first-order valence-electron chi connectivity index (χ1n) is 4.20. The Hall–Kier alpha value is -2.20. The second-order valence-electron chi connectivity index (χ2n) is 2.85. The molecular formula is C11H7FN2O. The first-order chi connectivity index (χ1) is 7.19. The molecule has 1 aromatic carbocycles. The number of rotatable bonds is 3. The lowest BCUT2D eigenvalue weighted by Crippen LogP contribution is -2.08. The molecule has 0 spiro atoms. The Kier molecular flexibility index (Phi) is 3.54. The molecule has 15 heavy (non-hydrogen) atoms. The Morgan fingerprint density at radius 2 is 1.93 bits per heavy atom. The molecule has 0 radical (unpaired) electrons. The van der Waals surface area contributed by atoms with Crippen molar-refractivity contribution in [1.29, 1.82) is 0 Å². The quantitative estimate of drug-likeness (QED) is 0.546. The van der Waals surface area contributed by atoms with Crippen molar-refractivity contribution < 1.29 is 9.18 Å². The van der Waals surface area contributed by atoms with Gasteiger partial charge in [0.2, 0.25) is 0 Å². The van der Waals surface area contributed by atoms with Crippen LogP contribution in [-0.2, 0) is 0 Å². The van der Waals surface area contributed by atoms with Crippen LogP contribution in [0.1, 0.15) is 16.8 Å². The molecule has 0 bridgehead atoms. The van der Waals surface area contributed by atoms with Gasteiger partial charge in [-0.15, -0.1) is 0 Å². The maximum atomic E-state index is 13.1. The maximum absolute atomic E-state index is 13.1. The summed E-state index contributed by atoms with van der Waals surface area (Å²) >= 11 is 0. The number of hydrogen-bond donors (Lipinski definition) is 0. The van der Waals surface area contributed by atoms with Crippen LogP contribution >= 0.6 is 0 Å². The van der Waals surface area contributed by atoms with E-state index in [1.807, 2.05) is 0 Å². The first-order valence-corrected chi connectivity index (χ1v) is 4.20. The second kappa shape index (κ2) is 4.88. The van der Waals surface area contributed by atoms with Gasteiger partial charge in [-0.05, 0) is 12.1 Å². The summed E-state index contributed by atoms with van der Waals surface area (Å²) in [5.74, 6) is -1.12. The van der Waals surface area contributed by atoms with E-state index in [-0.39, 0.29) is 12.0 Å². The number of nitrogens with zero attached hydrogens (tertiary/aromatic N) is 2. The average molecular weight is 202 g/mol. The predicted molar refractivity (Wildman–Crippen MR) is 52.3 cm³/mol. The maximum Gasteiger partial charge on any atom is 0.481 e. The summed E-state index contributed by atoms with van der Waals surface area (Å²) in [6.45, 7) is 13.3. The predicted octanol–water partition coefficient (Wildman–Crippen LogP) is 2.56. The van der Waals surface area contributed by atoms with Crippen LogP contribution < -0.4 is 0 Å². The van der Waals surface area contributed by atoms with E-state index >= 15 is 0 Å². The minimum Gasteiger partial charge on any atom is -0.293 e. The lowest BCUT2D eigenvalue weighted by atomic mass is 10.1. The third-order valence-corrected chi connectivity index (χ3v) is 1.84. The number of benzene rings is 1. The Balaban J connectivity index is 2.84. The lowest BCUT2D eigenvalue weighted by Gasteiger charge is -1.98. The fourth-order valence-corrected chi connectivity index (χ4v) is 1.08. The molecule has 74 valence electrons. The van der Waals surface area contributed by atoms with Crippen molar-refractivity contribution >= 4 is 5.78 Å². The van der Waals surface area contributed by atoms with Gasteiger partial charge in [0.15, 0.2) is 12.2 Å². The van der Waals surface area contributed by atoms with Crippen LogP contribution in [-0.4, -0.2) is 11.9 Å². The lowest BCUT2D eigenvalue weighted by molar-refractivity contribution is 0.0978. The highest BCUT2D eigenvalue weighted by Crippen LogP contribution is 2.12. The summed E-state index contributed by atoms with van der Waals surface area (Å²) in [6.07, 6.45) is -1.30. The molecular weight excluding hydrogens is 195 g/mol. The van der Waals surface area contributed by atoms with Gasteiger partial charge in [-0.25, -0.2) is 27.2 Å². The van der Waals surface area contributed by atoms with Crippen molar-refractivity contribution in [1.82, 2.24) is 0 Å². The van der Waals surface area contributed by atoms with Crippen LogP contribution in [0.5, 0.6) is 0 Å². The third kappa shape index (κ3) is 2.62. The molecule has 0 amide bonds. The van der Waals surface area contributed by atoms with Crippen molar-refractivity contribution in [2.75, 3.05) is 0 Å². The van der Waals surface area contributed by atoms with Crippen molar-refractivity contribution in [2.24, 2.45) is 0 Å². The zero-order valence-corrected chi connectivity index (χ0v) is 7.77. The molecule has 0 aliphatic carbocycles. The fourth-order valence-electron chi connectivity index (χ4n) is 1.08. The summed E-state index contributed by atoms with van der Waals surface area (Å²) in [4.78, 5) is 17.4. The molecule has 0 unspecified atom stereocenters. The monoisotopic (exact) mass is 202 g/mol. The molecule has 1 aromatic rings. The summed E-state index contributed by atoms with van der Waals surface area (Å²) in [6, 6.07) is 5.55. The fraction of sp³-hybridized carbons (Fsp3) is 0.182. The van der Waals surface area contributed by atoms with Crippen LogP contribution in [0.15, 0.2) is 24.3 Å². The molecule has 0 aliphatic heterocycles. The van der Waals surface area contributed by atoms with Gasteiger partial charge >= 0.3 is 6.17 Å². The van der Waals surface area contributed by atoms with Crippen LogP contribution in [0, 0.1) is 19.0 Å². The van der Waals surface area contributed by atoms with Gasteiger partial charge in [0.05, 0.1) is 5.56 Å². The van der Waals surface area contributed by atoms with Gasteiger partial charge in [0.25, 0.3) is 0 Å². The third-order valence-electron chi connectivity index (χ3n) is 1.84. The average Bonchev–Trinajstić information content (AvgIpc) is 2.26. The van der Waals surface area contributed by atoms with E-state index < -0.39 is 17.8 Å². The normalized spacial score (nSPS) is 9.33. The summed E-state index contributed by atoms with van der Waals surface area (Å²) in [7, 11) is 0. The van der Waals surface area contributed by atoms with E-state index in [4.69, 9.17) is 13.1 Å². The molecule has 3 nitrogen and oxygen atoms in total. The SMILES string of the molecule is [C-]#[N+]C(CC(=O)c1ccccc1F)[N+]#[C-]. The highest BCUT2D eigenvalue weighted by Gasteiger charge is 2.23. The molecule has 0 saturated heterocycles. The summed E-state index contributed by atoms with van der Waals surface area (Å²) < 4.78 is 13.1. The zero-order chi connectivity index (χ0) is 11.3. The Bertz CT molecular complexity index is 442. The van der Waals surface area contributed by atoms with Gasteiger partial charge in [0, 0.05) is 0 Å².